The molecule has 0 saturated carbocycles. The van der Waals surface area contributed by atoms with E-state index in [0.717, 1.165) is 0 Å². The number of rotatable bonds is 6. The molecule has 0 aliphatic carbocycles. The van der Waals surface area contributed by atoms with Crippen LogP contribution in [0.15, 0.2) is 0 Å². The van der Waals surface area contributed by atoms with Crippen molar-refractivity contribution in [3.63, 3.8) is 0 Å². The Morgan fingerprint density at radius 1 is 0.615 bits per heavy atom. The van der Waals surface area contributed by atoms with Crippen LogP contribution in [-0.4, -0.2) is 36.6 Å². The molecule has 0 fully saturated rings. The van der Waals surface area contributed by atoms with Crippen LogP contribution in [-0.2, 0) is 12.3 Å². The fourth-order valence-electron chi connectivity index (χ4n) is 0.650. The van der Waals surface area contributed by atoms with Crippen LogP contribution in [0.2, 0.25) is 39.3 Å². The second-order valence-electron chi connectivity index (χ2n) is 3.37. The van der Waals surface area contributed by atoms with Crippen molar-refractivity contribution < 1.29 is 12.3 Å². The van der Waals surface area contributed by atoms with Crippen LogP contribution in [0.5, 0.6) is 0 Å². The van der Waals surface area contributed by atoms with Gasteiger partial charge in [-0.15, -0.1) is 0 Å². The summed E-state index contributed by atoms with van der Waals surface area (Å²) in [5, 5.41) is 0. The molecule has 0 heterocycles. The maximum absolute atomic E-state index is 5.72. The Balaban J connectivity index is 3.87. The Morgan fingerprint density at radius 2 is 0.846 bits per heavy atom. The van der Waals surface area contributed by atoms with E-state index in [1.807, 2.05) is 0 Å². The van der Waals surface area contributed by atoms with Crippen molar-refractivity contribution in [1.82, 2.24) is 0 Å². The molecule has 0 aromatic rings. The summed E-state index contributed by atoms with van der Waals surface area (Å²) in [4.78, 5) is 0. The van der Waals surface area contributed by atoms with E-state index in [1.54, 1.807) is 0 Å². The van der Waals surface area contributed by atoms with Gasteiger partial charge in [0, 0.05) is 0 Å². The van der Waals surface area contributed by atoms with E-state index in [1.165, 1.54) is 0 Å². The molecule has 0 saturated heterocycles. The lowest BCUT2D eigenvalue weighted by atomic mass is 11.9. The zero-order valence-corrected chi connectivity index (χ0v) is 13.5. The van der Waals surface area contributed by atoms with Gasteiger partial charge < -0.3 is 12.3 Å². The van der Waals surface area contributed by atoms with Gasteiger partial charge in [-0.3, -0.25) is 0 Å². The van der Waals surface area contributed by atoms with E-state index in [9.17, 15) is 0 Å². The van der Waals surface area contributed by atoms with Crippen LogP contribution < -0.4 is 0 Å². The SMILES string of the molecule is C[Si](C)O[SiH](O[Si](C)C)O[Si](C)C. The third-order valence-electron chi connectivity index (χ3n) is 0.996. The van der Waals surface area contributed by atoms with Crippen molar-refractivity contribution in [1.29, 1.82) is 0 Å². The normalized spacial score (nSPS) is 12.5. The summed E-state index contributed by atoms with van der Waals surface area (Å²) < 4.78 is 17.2. The van der Waals surface area contributed by atoms with Gasteiger partial charge in [-0.25, -0.2) is 0 Å². The molecule has 0 atom stereocenters. The van der Waals surface area contributed by atoms with Crippen LogP contribution in [0.4, 0.5) is 0 Å². The molecule has 0 aliphatic heterocycles. The Kier molecular flexibility index (Phi) is 7.50. The smallest absolute Gasteiger partial charge is 0.419 e. The summed E-state index contributed by atoms with van der Waals surface area (Å²) in [6.45, 7) is 12.7. The quantitative estimate of drug-likeness (QED) is 0.670. The van der Waals surface area contributed by atoms with Crippen molar-refractivity contribution in [2.75, 3.05) is 0 Å². The second-order valence-corrected chi connectivity index (χ2v) is 12.2. The van der Waals surface area contributed by atoms with E-state index in [-0.39, 0.29) is 0 Å². The van der Waals surface area contributed by atoms with Crippen molar-refractivity contribution in [3.8, 4) is 0 Å². The first-order chi connectivity index (χ1) is 5.91. The molecular formula is C6H19O3Si4. The zero-order chi connectivity index (χ0) is 10.4. The van der Waals surface area contributed by atoms with Crippen molar-refractivity contribution in [3.05, 3.63) is 0 Å². The lowest BCUT2D eigenvalue weighted by Crippen LogP contribution is -2.38. The van der Waals surface area contributed by atoms with Crippen LogP contribution >= 0.6 is 0 Å². The van der Waals surface area contributed by atoms with E-state index < -0.39 is 36.6 Å². The largest absolute Gasteiger partial charge is 0.452 e. The summed E-state index contributed by atoms with van der Waals surface area (Å²) >= 11 is 0. The number of hydrogen-bond donors (Lipinski definition) is 0. The molecule has 77 valence electrons. The highest BCUT2D eigenvalue weighted by Crippen LogP contribution is 2.00. The lowest BCUT2D eigenvalue weighted by molar-refractivity contribution is 0.318. The summed E-state index contributed by atoms with van der Waals surface area (Å²) in [6.07, 6.45) is 0. The van der Waals surface area contributed by atoms with Crippen molar-refractivity contribution in [2.45, 2.75) is 39.3 Å². The van der Waals surface area contributed by atoms with Gasteiger partial charge in [0.1, 0.15) is 0 Å². The van der Waals surface area contributed by atoms with E-state index in [0.29, 0.717) is 0 Å². The van der Waals surface area contributed by atoms with Gasteiger partial charge in [0.05, 0.1) is 0 Å². The minimum atomic E-state index is -1.77. The third kappa shape index (κ3) is 9.06. The zero-order valence-electron chi connectivity index (χ0n) is 9.30. The van der Waals surface area contributed by atoms with Gasteiger partial charge in [-0.05, 0) is 39.3 Å². The maximum Gasteiger partial charge on any atom is 0.452 e. The Morgan fingerprint density at radius 3 is 1.00 bits per heavy atom. The minimum Gasteiger partial charge on any atom is -0.419 e. The molecule has 0 rings (SSSR count). The fraction of sp³-hybridized carbons (Fsp3) is 1.00. The Bertz CT molecular complexity index is 107. The molecular weight excluding hydrogens is 232 g/mol. The lowest BCUT2D eigenvalue weighted by Gasteiger charge is -2.21. The average molecular weight is 252 g/mol. The first-order valence-electron chi connectivity index (χ1n) is 4.32. The minimum absolute atomic E-state index is 0.679. The third-order valence-corrected chi connectivity index (χ3v) is 8.96. The Hall–Kier alpha value is 0.748. The topological polar surface area (TPSA) is 27.7 Å². The summed E-state index contributed by atoms with van der Waals surface area (Å²) in [5.41, 5.74) is 0. The van der Waals surface area contributed by atoms with Crippen molar-refractivity contribution >= 4 is 36.6 Å². The van der Waals surface area contributed by atoms with Gasteiger partial charge in [0.2, 0.25) is 0 Å². The summed E-state index contributed by atoms with van der Waals surface area (Å²) in [6, 6.07) is 0. The fourth-order valence-corrected chi connectivity index (χ4v) is 7.14. The molecule has 0 N–H and O–H groups in total. The monoisotopic (exact) mass is 251 g/mol. The standard InChI is InChI=1S/C6H19O3Si4/c1-10(2)7-13(8-11(3)4)9-12(5)6/h13H,1-6H3. The highest BCUT2D eigenvalue weighted by atomic mass is 28.5. The molecule has 0 aromatic heterocycles. The maximum atomic E-state index is 5.72. The predicted molar refractivity (Wildman–Crippen MR) is 62.9 cm³/mol. The van der Waals surface area contributed by atoms with Gasteiger partial charge in [-0.2, -0.15) is 0 Å². The summed E-state index contributed by atoms with van der Waals surface area (Å²) in [7, 11) is -3.81. The first-order valence-corrected chi connectivity index (χ1v) is 13.0. The molecule has 0 bridgehead atoms. The highest BCUT2D eigenvalue weighted by molar-refractivity contribution is 6.69. The van der Waals surface area contributed by atoms with E-state index in [2.05, 4.69) is 39.3 Å². The molecule has 13 heavy (non-hydrogen) atoms. The summed E-state index contributed by atoms with van der Waals surface area (Å²) in [5.74, 6) is 0. The molecule has 0 amide bonds. The average Bonchev–Trinajstić information content (AvgIpc) is 1.80. The first kappa shape index (κ1) is 13.7. The van der Waals surface area contributed by atoms with Gasteiger partial charge in [0.25, 0.3) is 0 Å². The molecule has 0 aliphatic rings. The Labute approximate surface area is 88.6 Å². The van der Waals surface area contributed by atoms with Crippen molar-refractivity contribution in [2.24, 2.45) is 0 Å². The molecule has 3 radical (unpaired) electrons. The highest BCUT2D eigenvalue weighted by Gasteiger charge is 2.21. The van der Waals surface area contributed by atoms with Crippen LogP contribution in [0.3, 0.4) is 0 Å². The predicted octanol–water partition coefficient (Wildman–Crippen LogP) is 1.51. The molecule has 0 aromatic carbocycles. The second kappa shape index (κ2) is 7.09. The molecule has 3 nitrogen and oxygen atoms in total. The van der Waals surface area contributed by atoms with E-state index in [4.69, 9.17) is 12.3 Å². The van der Waals surface area contributed by atoms with E-state index >= 15 is 0 Å². The molecule has 7 heteroatoms. The van der Waals surface area contributed by atoms with Gasteiger partial charge >= 0.3 is 9.53 Å². The van der Waals surface area contributed by atoms with Crippen LogP contribution in [0, 0.1) is 0 Å². The van der Waals surface area contributed by atoms with Gasteiger partial charge in [-0.1, -0.05) is 0 Å². The van der Waals surface area contributed by atoms with Crippen LogP contribution in [0.25, 0.3) is 0 Å². The molecule has 0 spiro atoms. The molecule has 0 unspecified atom stereocenters. The number of hydrogen-bond acceptors (Lipinski definition) is 3. The van der Waals surface area contributed by atoms with Gasteiger partial charge in [0.15, 0.2) is 27.1 Å². The van der Waals surface area contributed by atoms with Crippen LogP contribution in [0.1, 0.15) is 0 Å².